The van der Waals surface area contributed by atoms with Gasteiger partial charge in [-0.25, -0.2) is 19.7 Å². The molecule has 6 rings (SSSR count). The van der Waals surface area contributed by atoms with Crippen molar-refractivity contribution in [2.24, 2.45) is 14.1 Å². The Morgan fingerprint density at radius 1 is 1.00 bits per heavy atom. The molecule has 3 aromatic heterocycles. The van der Waals surface area contributed by atoms with Gasteiger partial charge in [0.2, 0.25) is 5.88 Å². The van der Waals surface area contributed by atoms with Crippen LogP contribution in [-0.4, -0.2) is 61.7 Å². The van der Waals surface area contributed by atoms with Crippen LogP contribution in [0.25, 0.3) is 33.4 Å². The van der Waals surface area contributed by atoms with Crippen LogP contribution >= 0.6 is 11.6 Å². The Labute approximate surface area is 276 Å². The quantitative estimate of drug-likeness (QED) is 0.224. The minimum Gasteiger partial charge on any atom is -0.481 e. The third-order valence-electron chi connectivity index (χ3n) is 8.58. The summed E-state index contributed by atoms with van der Waals surface area (Å²) in [5.41, 5.74) is 4.82. The number of rotatable bonds is 8. The summed E-state index contributed by atoms with van der Waals surface area (Å²) in [4.78, 5) is 39.4. The Morgan fingerprint density at radius 2 is 1.74 bits per heavy atom. The number of aryl methyl sites for hydroxylation is 2. The molecule has 2 aromatic carbocycles. The molecule has 4 heterocycles. The zero-order valence-corrected chi connectivity index (χ0v) is 27.6. The zero-order valence-electron chi connectivity index (χ0n) is 26.8. The normalized spacial score (nSPS) is 16.4. The molecule has 1 aliphatic heterocycles. The summed E-state index contributed by atoms with van der Waals surface area (Å²) in [6, 6.07) is 15.4. The number of aromatic nitrogens is 5. The minimum absolute atomic E-state index is 0.0658. The van der Waals surface area contributed by atoms with Crippen LogP contribution in [0.3, 0.4) is 0 Å². The highest BCUT2D eigenvalue weighted by Crippen LogP contribution is 2.40. The number of anilines is 2. The maximum Gasteiger partial charge on any atom is 0.332 e. The number of methoxy groups -OCH3 is 1. The van der Waals surface area contributed by atoms with Gasteiger partial charge in [-0.2, -0.15) is 0 Å². The van der Waals surface area contributed by atoms with Crippen LogP contribution in [0.5, 0.6) is 5.88 Å². The van der Waals surface area contributed by atoms with Gasteiger partial charge >= 0.3 is 5.69 Å². The van der Waals surface area contributed by atoms with Crippen molar-refractivity contribution < 1.29 is 14.6 Å². The molecule has 0 bridgehead atoms. The number of nitrogens with zero attached hydrogens (tertiary/aromatic N) is 5. The van der Waals surface area contributed by atoms with Crippen molar-refractivity contribution in [1.29, 1.82) is 0 Å². The summed E-state index contributed by atoms with van der Waals surface area (Å²) >= 11 is 7.10. The first-order chi connectivity index (χ1) is 22.6. The molecule has 3 N–H and O–H groups in total. The number of hydrogen-bond acceptors (Lipinski definition) is 10. The second-order valence-corrected chi connectivity index (χ2v) is 12.0. The monoisotopic (exact) mass is 657 g/mol. The summed E-state index contributed by atoms with van der Waals surface area (Å²) in [6.07, 6.45) is 0.162. The van der Waals surface area contributed by atoms with Gasteiger partial charge in [0.05, 0.1) is 30.5 Å². The first-order valence-electron chi connectivity index (χ1n) is 15.2. The molecule has 1 fully saturated rings. The number of halogens is 1. The highest BCUT2D eigenvalue weighted by molar-refractivity contribution is 6.36. The first-order valence-corrected chi connectivity index (χ1v) is 15.6. The Bertz CT molecular complexity index is 2110. The second kappa shape index (κ2) is 13.2. The molecular formula is C34H36ClN7O5. The van der Waals surface area contributed by atoms with Crippen LogP contribution in [0.2, 0.25) is 5.02 Å². The molecule has 0 saturated carbocycles. The molecule has 244 valence electrons. The molecule has 0 radical (unpaired) electrons. The van der Waals surface area contributed by atoms with Gasteiger partial charge in [0.25, 0.3) is 5.56 Å². The fourth-order valence-corrected chi connectivity index (χ4v) is 6.24. The van der Waals surface area contributed by atoms with E-state index >= 15 is 0 Å². The van der Waals surface area contributed by atoms with Gasteiger partial charge in [-0.15, -0.1) is 0 Å². The second-order valence-electron chi connectivity index (χ2n) is 11.6. The van der Waals surface area contributed by atoms with E-state index in [0.717, 1.165) is 38.8 Å². The molecule has 0 amide bonds. The molecule has 2 atom stereocenters. The molecule has 5 aromatic rings. The van der Waals surface area contributed by atoms with Crippen molar-refractivity contribution in [3.05, 3.63) is 91.3 Å². The van der Waals surface area contributed by atoms with Gasteiger partial charge in [0.15, 0.2) is 5.65 Å². The predicted molar refractivity (Wildman–Crippen MR) is 182 cm³/mol. The van der Waals surface area contributed by atoms with Crippen LogP contribution in [0, 0.1) is 13.8 Å². The van der Waals surface area contributed by atoms with Crippen molar-refractivity contribution in [2.45, 2.75) is 39.0 Å². The molecule has 47 heavy (non-hydrogen) atoms. The van der Waals surface area contributed by atoms with Crippen LogP contribution in [0.1, 0.15) is 23.4 Å². The smallest absolute Gasteiger partial charge is 0.332 e. The van der Waals surface area contributed by atoms with Gasteiger partial charge in [0.1, 0.15) is 17.0 Å². The molecule has 0 unspecified atom stereocenters. The first kappa shape index (κ1) is 32.3. The highest BCUT2D eigenvalue weighted by atomic mass is 35.5. The van der Waals surface area contributed by atoms with Crippen LogP contribution in [0.15, 0.2) is 58.1 Å². The van der Waals surface area contributed by atoms with Gasteiger partial charge in [-0.05, 0) is 43.5 Å². The van der Waals surface area contributed by atoms with Crippen molar-refractivity contribution in [2.75, 3.05) is 25.6 Å². The number of pyridine rings is 1. The fraction of sp³-hybridized carbons (Fsp3) is 0.324. The summed E-state index contributed by atoms with van der Waals surface area (Å²) in [6.45, 7) is 5.08. The van der Waals surface area contributed by atoms with Gasteiger partial charge in [0, 0.05) is 55.7 Å². The van der Waals surface area contributed by atoms with Gasteiger partial charge in [-0.1, -0.05) is 48.0 Å². The highest BCUT2D eigenvalue weighted by Gasteiger charge is 2.24. The van der Waals surface area contributed by atoms with Crippen molar-refractivity contribution in [3.8, 4) is 28.3 Å². The van der Waals surface area contributed by atoms with E-state index in [9.17, 15) is 14.7 Å². The number of ether oxygens (including phenoxy) is 2. The van der Waals surface area contributed by atoms with E-state index in [1.54, 1.807) is 21.1 Å². The largest absolute Gasteiger partial charge is 0.481 e. The topological polar surface area (TPSA) is 145 Å². The molecule has 13 heteroatoms. The number of aliphatic hydroxyl groups excluding tert-OH is 1. The van der Waals surface area contributed by atoms with E-state index in [2.05, 4.69) is 20.6 Å². The minimum atomic E-state index is -0.562. The van der Waals surface area contributed by atoms with E-state index in [0.29, 0.717) is 53.7 Å². The van der Waals surface area contributed by atoms with Crippen LogP contribution in [-0.2, 0) is 25.4 Å². The summed E-state index contributed by atoms with van der Waals surface area (Å²) < 4.78 is 13.4. The lowest BCUT2D eigenvalue weighted by Crippen LogP contribution is -2.46. The van der Waals surface area contributed by atoms with E-state index in [1.807, 2.05) is 55.5 Å². The van der Waals surface area contributed by atoms with E-state index in [-0.39, 0.29) is 17.1 Å². The van der Waals surface area contributed by atoms with Crippen molar-refractivity contribution >= 4 is 34.1 Å². The lowest BCUT2D eigenvalue weighted by Gasteiger charge is -2.28. The fourth-order valence-electron chi connectivity index (χ4n) is 5.92. The third kappa shape index (κ3) is 6.12. The maximum absolute atomic E-state index is 13.2. The number of aliphatic hydroxyl groups is 1. The van der Waals surface area contributed by atoms with E-state index in [4.69, 9.17) is 26.1 Å². The molecule has 12 nitrogen and oxygen atoms in total. The maximum atomic E-state index is 13.2. The van der Waals surface area contributed by atoms with Gasteiger partial charge < -0.3 is 25.2 Å². The Hall–Kier alpha value is -4.62. The Balaban J connectivity index is 1.34. The van der Waals surface area contributed by atoms with Crippen LogP contribution in [0.4, 0.5) is 11.5 Å². The third-order valence-corrected chi connectivity index (χ3v) is 8.98. The Morgan fingerprint density at radius 3 is 2.51 bits per heavy atom. The summed E-state index contributed by atoms with van der Waals surface area (Å²) in [5.74, 6) is 1.19. The van der Waals surface area contributed by atoms with E-state index < -0.39 is 17.4 Å². The molecule has 0 aliphatic carbocycles. The van der Waals surface area contributed by atoms with Gasteiger partial charge in [-0.3, -0.25) is 13.9 Å². The number of nitrogens with one attached hydrogen (secondary N) is 2. The number of hydrogen-bond donors (Lipinski definition) is 3. The lowest BCUT2D eigenvalue weighted by atomic mass is 9.96. The van der Waals surface area contributed by atoms with Crippen molar-refractivity contribution in [1.82, 2.24) is 29.4 Å². The average molecular weight is 658 g/mol. The standard InChI is InChI=1S/C34H36ClN7O5/c1-18-21(8-7-11-24(18)39-30-28-31(38-19(2)37-30)41(3)34(45)42(4)33(28)44)22-9-6-10-23(29(22)35)25-13-12-20(32(40-25)46-5)16-36-26-14-15-47-17-27(26)43/h6-13,26-27,36,43H,14-17H2,1-5H3,(H,37,38,39)/t26-,27+/m0/s1. The molecule has 0 spiro atoms. The summed E-state index contributed by atoms with van der Waals surface area (Å²) in [7, 11) is 4.59. The van der Waals surface area contributed by atoms with Crippen molar-refractivity contribution in [3.63, 3.8) is 0 Å². The average Bonchev–Trinajstić information content (AvgIpc) is 3.07. The number of benzene rings is 2. The molecule has 1 saturated heterocycles. The Kier molecular flexibility index (Phi) is 9.11. The lowest BCUT2D eigenvalue weighted by molar-refractivity contribution is -0.0281. The molecular weight excluding hydrogens is 622 g/mol. The van der Waals surface area contributed by atoms with Crippen LogP contribution < -0.4 is 26.6 Å². The SMILES string of the molecule is COc1nc(-c2cccc(-c3cccc(Nc4nc(C)nc5c4c(=O)n(C)c(=O)n5C)c3C)c2Cl)ccc1CN[C@H]1CCOC[C@H]1O. The molecule has 1 aliphatic rings. The zero-order chi connectivity index (χ0) is 33.4. The summed E-state index contributed by atoms with van der Waals surface area (Å²) in [5, 5.41) is 17.7. The van der Waals surface area contributed by atoms with E-state index in [1.165, 1.54) is 11.6 Å². The number of fused-ring (bicyclic) bond motifs is 1. The predicted octanol–water partition coefficient (Wildman–Crippen LogP) is 4.02.